The first-order valence-electron chi connectivity index (χ1n) is 8.96. The minimum Gasteiger partial charge on any atom is -0.469 e. The van der Waals surface area contributed by atoms with E-state index in [-0.39, 0.29) is 12.5 Å². The third-order valence-corrected chi connectivity index (χ3v) is 4.47. The van der Waals surface area contributed by atoms with E-state index in [1.807, 2.05) is 51.1 Å². The molecule has 0 aliphatic carbocycles. The molecule has 0 fully saturated rings. The molecule has 7 nitrogen and oxygen atoms in total. The van der Waals surface area contributed by atoms with E-state index in [0.29, 0.717) is 12.8 Å². The Hall–Kier alpha value is -1.98. The summed E-state index contributed by atoms with van der Waals surface area (Å²) in [5, 5.41) is 2.72. The second-order valence-corrected chi connectivity index (χ2v) is 6.98. The number of carbonyl (C=O) groups excluding carboxylic acids is 2. The summed E-state index contributed by atoms with van der Waals surface area (Å²) < 4.78 is 26.5. The highest BCUT2D eigenvalue weighted by Gasteiger charge is 2.37. The van der Waals surface area contributed by atoms with Crippen molar-refractivity contribution in [1.29, 1.82) is 0 Å². The van der Waals surface area contributed by atoms with Gasteiger partial charge < -0.3 is 14.8 Å². The normalized spacial score (nSPS) is 14.4. The lowest BCUT2D eigenvalue weighted by Crippen LogP contribution is -2.49. The van der Waals surface area contributed by atoms with Crippen molar-refractivity contribution in [2.75, 3.05) is 7.11 Å². The van der Waals surface area contributed by atoms with Gasteiger partial charge in [-0.1, -0.05) is 51.1 Å². The molecule has 150 valence electrons. The zero-order valence-electron chi connectivity index (χ0n) is 16.2. The Morgan fingerprint density at radius 2 is 1.85 bits per heavy atom. The predicted octanol–water partition coefficient (Wildman–Crippen LogP) is 4.12. The van der Waals surface area contributed by atoms with Gasteiger partial charge in [0.2, 0.25) is 0 Å². The quantitative estimate of drug-likeness (QED) is 0.446. The van der Waals surface area contributed by atoms with E-state index in [0.717, 1.165) is 5.56 Å². The van der Waals surface area contributed by atoms with Gasteiger partial charge in [-0.15, -0.1) is 0 Å². The number of hydrogen-bond acceptors (Lipinski definition) is 6. The van der Waals surface area contributed by atoms with Gasteiger partial charge in [-0.25, -0.2) is 9.36 Å². The number of ether oxygens (including phenoxy) is 2. The van der Waals surface area contributed by atoms with Crippen LogP contribution in [0.4, 0.5) is 4.79 Å². The van der Waals surface area contributed by atoms with E-state index in [1.54, 1.807) is 0 Å². The number of rotatable bonds is 11. The van der Waals surface area contributed by atoms with Crippen LogP contribution in [0.15, 0.2) is 30.3 Å². The highest BCUT2D eigenvalue weighted by molar-refractivity contribution is 7.17. The Balaban J connectivity index is 2.82. The van der Waals surface area contributed by atoms with Crippen LogP contribution in [0.3, 0.4) is 0 Å². The van der Waals surface area contributed by atoms with Gasteiger partial charge >= 0.3 is 20.7 Å². The Bertz CT molecular complexity index is 595. The summed E-state index contributed by atoms with van der Waals surface area (Å²) in [7, 11) is 0.729. The highest BCUT2D eigenvalue weighted by Crippen LogP contribution is 2.26. The molecule has 0 heterocycles. The number of amides is 1. The number of benzene rings is 1. The number of nitrogens with one attached hydrogen (secondary N) is 1. The topological polar surface area (TPSA) is 90.9 Å². The summed E-state index contributed by atoms with van der Waals surface area (Å²) in [6, 6.07) is 8.73. The van der Waals surface area contributed by atoms with Gasteiger partial charge in [0.25, 0.3) is 0 Å². The first-order valence-corrected chi connectivity index (χ1v) is 9.69. The lowest BCUT2D eigenvalue weighted by atomic mass is 9.87. The van der Waals surface area contributed by atoms with E-state index in [4.69, 9.17) is 14.0 Å². The van der Waals surface area contributed by atoms with Crippen molar-refractivity contribution < 1.29 is 28.2 Å². The molecular formula is C19H28NO6P. The molecule has 1 N–H and O–H groups in total. The van der Waals surface area contributed by atoms with E-state index in [1.165, 1.54) is 7.11 Å². The summed E-state index contributed by atoms with van der Waals surface area (Å²) in [6.07, 6.45) is -0.487. The van der Waals surface area contributed by atoms with Crippen molar-refractivity contribution in [3.63, 3.8) is 0 Å². The summed E-state index contributed by atoms with van der Waals surface area (Å²) in [5.41, 5.74) is 0.860. The van der Waals surface area contributed by atoms with Crippen LogP contribution in [0.1, 0.15) is 39.2 Å². The molecule has 3 atom stereocenters. The van der Waals surface area contributed by atoms with Gasteiger partial charge in [-0.2, -0.15) is 0 Å². The molecular weight excluding hydrogens is 369 g/mol. The van der Waals surface area contributed by atoms with Crippen LogP contribution in [0.2, 0.25) is 0 Å². The molecule has 1 aromatic carbocycles. The average Bonchev–Trinajstić information content (AvgIpc) is 2.67. The van der Waals surface area contributed by atoms with Crippen LogP contribution in [-0.2, 0) is 30.0 Å². The van der Waals surface area contributed by atoms with Crippen molar-refractivity contribution in [2.24, 2.45) is 11.8 Å². The van der Waals surface area contributed by atoms with E-state index >= 15 is 0 Å². The molecule has 0 aliphatic heterocycles. The third-order valence-electron chi connectivity index (χ3n) is 4.14. The van der Waals surface area contributed by atoms with Gasteiger partial charge in [-0.05, 0) is 24.3 Å². The Kier molecular flexibility index (Phi) is 10.6. The molecule has 0 spiro atoms. The van der Waals surface area contributed by atoms with Crippen LogP contribution in [-0.4, -0.2) is 31.3 Å². The smallest absolute Gasteiger partial charge is 0.407 e. The Morgan fingerprint density at radius 3 is 2.37 bits per heavy atom. The van der Waals surface area contributed by atoms with Crippen molar-refractivity contribution >= 4 is 20.7 Å². The first kappa shape index (κ1) is 23.1. The minimum absolute atomic E-state index is 0.126. The monoisotopic (exact) mass is 397 g/mol. The van der Waals surface area contributed by atoms with Gasteiger partial charge in [0.15, 0.2) is 0 Å². The van der Waals surface area contributed by atoms with Gasteiger partial charge in [-0.3, -0.25) is 9.32 Å². The van der Waals surface area contributed by atoms with Crippen LogP contribution in [0.25, 0.3) is 0 Å². The second kappa shape index (κ2) is 12.4. The lowest BCUT2D eigenvalue weighted by Gasteiger charge is -2.30. The molecule has 0 aromatic heterocycles. The number of hydrogen-bond donors (Lipinski definition) is 1. The molecule has 1 amide bonds. The highest BCUT2D eigenvalue weighted by atomic mass is 31.1. The fourth-order valence-electron chi connectivity index (χ4n) is 2.83. The number of carbonyl (C=O) groups is 2. The summed E-state index contributed by atoms with van der Waals surface area (Å²) in [4.78, 5) is 24.4. The second-order valence-electron chi connectivity index (χ2n) is 6.62. The Labute approximate surface area is 162 Å². The van der Waals surface area contributed by atoms with E-state index in [2.05, 4.69) is 5.32 Å². The minimum atomic E-state index is -0.798. The molecule has 0 saturated heterocycles. The van der Waals surface area contributed by atoms with Crippen molar-refractivity contribution in [2.45, 2.75) is 52.4 Å². The van der Waals surface area contributed by atoms with Crippen LogP contribution in [0.5, 0.6) is 0 Å². The van der Waals surface area contributed by atoms with Crippen molar-refractivity contribution in [3.8, 4) is 0 Å². The Morgan fingerprint density at radius 1 is 1.19 bits per heavy atom. The maximum absolute atomic E-state index is 12.2. The third kappa shape index (κ3) is 8.06. The molecule has 3 unspecified atom stereocenters. The largest absolute Gasteiger partial charge is 0.469 e. The summed E-state index contributed by atoms with van der Waals surface area (Å²) >= 11 is 0. The number of methoxy groups -OCH3 is 1. The van der Waals surface area contributed by atoms with Crippen LogP contribution >= 0.6 is 8.69 Å². The predicted molar refractivity (Wildman–Crippen MR) is 101 cm³/mol. The van der Waals surface area contributed by atoms with Crippen molar-refractivity contribution in [3.05, 3.63) is 35.9 Å². The molecule has 1 rings (SSSR count). The maximum atomic E-state index is 12.2. The van der Waals surface area contributed by atoms with Crippen LogP contribution < -0.4 is 5.32 Å². The average molecular weight is 397 g/mol. The number of alkyl carbamates (subject to hydrolysis) is 1. The molecule has 27 heavy (non-hydrogen) atoms. The first-order chi connectivity index (χ1) is 12.9. The van der Waals surface area contributed by atoms with E-state index in [9.17, 15) is 14.2 Å². The van der Waals surface area contributed by atoms with Gasteiger partial charge in [0.05, 0.1) is 19.1 Å². The van der Waals surface area contributed by atoms with Gasteiger partial charge in [0, 0.05) is 0 Å². The standard InChI is InChI=1S/C19H28NO6P/c1-5-16(20-19(22)25-12-14-9-7-6-8-10-14)17(26-27-23)15(11-13(2)3)18(21)24-4/h6-10,13,15-17H,5,11-12H2,1-4H3,(H,20,22). The number of esters is 1. The van der Waals surface area contributed by atoms with Gasteiger partial charge in [0.1, 0.15) is 12.7 Å². The fraction of sp³-hybridized carbons (Fsp3) is 0.579. The summed E-state index contributed by atoms with van der Waals surface area (Å²) in [6.45, 7) is 5.89. The van der Waals surface area contributed by atoms with E-state index < -0.39 is 38.8 Å². The molecule has 0 bridgehead atoms. The zero-order chi connectivity index (χ0) is 20.2. The molecule has 0 radical (unpaired) electrons. The molecule has 0 aliphatic rings. The zero-order valence-corrected chi connectivity index (χ0v) is 17.1. The SMILES string of the molecule is CCC(NC(=O)OCc1ccccc1)C(OP=O)C(CC(C)C)C(=O)OC. The lowest BCUT2D eigenvalue weighted by molar-refractivity contribution is -0.150. The van der Waals surface area contributed by atoms with Crippen molar-refractivity contribution in [1.82, 2.24) is 5.32 Å². The summed E-state index contributed by atoms with van der Waals surface area (Å²) in [5.74, 6) is -0.933. The maximum Gasteiger partial charge on any atom is 0.407 e. The molecule has 8 heteroatoms. The van der Waals surface area contributed by atoms with Crippen LogP contribution in [0, 0.1) is 11.8 Å². The molecule has 0 saturated carbocycles. The fourth-order valence-corrected chi connectivity index (χ4v) is 3.23. The molecule has 1 aromatic rings.